The van der Waals surface area contributed by atoms with Crippen LogP contribution >= 0.6 is 0 Å². The van der Waals surface area contributed by atoms with Gasteiger partial charge in [0.25, 0.3) is 0 Å². The molecule has 1 heterocycles. The molecule has 0 fully saturated rings. The predicted molar refractivity (Wildman–Crippen MR) is 98.1 cm³/mol. The first-order valence-electron chi connectivity index (χ1n) is 8.13. The molecule has 0 aliphatic heterocycles. The van der Waals surface area contributed by atoms with Gasteiger partial charge in [0, 0.05) is 32.0 Å². The molecule has 0 aliphatic carbocycles. The van der Waals surface area contributed by atoms with Crippen LogP contribution in [0.5, 0.6) is 0 Å². The Labute approximate surface area is 143 Å². The highest BCUT2D eigenvalue weighted by atomic mass is 15.1. The van der Waals surface area contributed by atoms with E-state index in [2.05, 4.69) is 81.6 Å². The Morgan fingerprint density at radius 1 is 0.792 bits per heavy atom. The van der Waals surface area contributed by atoms with Crippen LogP contribution in [0.2, 0.25) is 0 Å². The average Bonchev–Trinajstić information content (AvgIpc) is 2.64. The number of hydrogen-bond acceptors (Lipinski definition) is 3. The van der Waals surface area contributed by atoms with Crippen LogP contribution in [-0.2, 0) is 13.1 Å². The number of aromatic nitrogens is 2. The van der Waals surface area contributed by atoms with Crippen molar-refractivity contribution in [1.82, 2.24) is 14.9 Å². The highest BCUT2D eigenvalue weighted by Gasteiger charge is 2.05. The maximum absolute atomic E-state index is 4.28. The van der Waals surface area contributed by atoms with Crippen molar-refractivity contribution < 1.29 is 0 Å². The SMILES string of the molecule is C(=C\c1cnccn1)/CN(Cc1ccccc1)Cc1ccccc1. The van der Waals surface area contributed by atoms with Gasteiger partial charge in [0.05, 0.1) is 11.9 Å². The Bertz CT molecular complexity index is 698. The molecule has 1 aromatic heterocycles. The van der Waals surface area contributed by atoms with Crippen molar-refractivity contribution in [2.75, 3.05) is 6.54 Å². The Morgan fingerprint density at radius 2 is 1.42 bits per heavy atom. The van der Waals surface area contributed by atoms with Crippen molar-refractivity contribution >= 4 is 6.08 Å². The maximum atomic E-state index is 4.28. The zero-order valence-electron chi connectivity index (χ0n) is 13.6. The highest BCUT2D eigenvalue weighted by Crippen LogP contribution is 2.10. The number of hydrogen-bond donors (Lipinski definition) is 0. The molecule has 0 saturated carbocycles. The van der Waals surface area contributed by atoms with Gasteiger partial charge in [-0.3, -0.25) is 14.9 Å². The van der Waals surface area contributed by atoms with E-state index in [1.54, 1.807) is 18.6 Å². The van der Waals surface area contributed by atoms with Crippen LogP contribution in [0.25, 0.3) is 6.08 Å². The third-order valence-corrected chi connectivity index (χ3v) is 3.73. The summed E-state index contributed by atoms with van der Waals surface area (Å²) in [5.41, 5.74) is 3.53. The molecule has 0 amide bonds. The standard InChI is InChI=1S/C21H21N3/c1-3-8-19(9-4-1)17-24(18-20-10-5-2-6-11-20)15-7-12-21-16-22-13-14-23-21/h1-14,16H,15,17-18H2/b12-7+. The van der Waals surface area contributed by atoms with Gasteiger partial charge in [-0.05, 0) is 17.2 Å². The van der Waals surface area contributed by atoms with E-state index in [1.807, 2.05) is 6.08 Å². The molecule has 120 valence electrons. The summed E-state index contributed by atoms with van der Waals surface area (Å²) in [6.07, 6.45) is 9.35. The molecule has 0 unspecified atom stereocenters. The molecule has 3 rings (SSSR count). The van der Waals surface area contributed by atoms with Crippen molar-refractivity contribution in [3.05, 3.63) is 102 Å². The molecule has 0 spiro atoms. The molecule has 0 radical (unpaired) electrons. The Morgan fingerprint density at radius 3 is 1.96 bits per heavy atom. The summed E-state index contributed by atoms with van der Waals surface area (Å²) in [6, 6.07) is 21.1. The van der Waals surface area contributed by atoms with Crippen molar-refractivity contribution in [2.24, 2.45) is 0 Å². The third kappa shape index (κ3) is 5.14. The molecular weight excluding hydrogens is 294 g/mol. The highest BCUT2D eigenvalue weighted by molar-refractivity contribution is 5.42. The third-order valence-electron chi connectivity index (χ3n) is 3.73. The number of nitrogens with zero attached hydrogens (tertiary/aromatic N) is 3. The molecule has 3 heteroatoms. The molecule has 0 N–H and O–H groups in total. The van der Waals surface area contributed by atoms with E-state index in [-0.39, 0.29) is 0 Å². The normalized spacial score (nSPS) is 11.2. The zero-order valence-corrected chi connectivity index (χ0v) is 13.6. The van der Waals surface area contributed by atoms with Crippen LogP contribution in [0.15, 0.2) is 85.3 Å². The monoisotopic (exact) mass is 315 g/mol. The molecule has 3 aromatic rings. The fourth-order valence-electron chi connectivity index (χ4n) is 2.59. The molecule has 3 nitrogen and oxygen atoms in total. The topological polar surface area (TPSA) is 29.0 Å². The van der Waals surface area contributed by atoms with Crippen molar-refractivity contribution in [2.45, 2.75) is 13.1 Å². The summed E-state index contributed by atoms with van der Waals surface area (Å²) in [6.45, 7) is 2.70. The van der Waals surface area contributed by atoms with Gasteiger partial charge in [-0.25, -0.2) is 0 Å². The second-order valence-corrected chi connectivity index (χ2v) is 5.67. The van der Waals surface area contributed by atoms with E-state index < -0.39 is 0 Å². The Hall–Kier alpha value is -2.78. The fraction of sp³-hybridized carbons (Fsp3) is 0.143. The first-order valence-corrected chi connectivity index (χ1v) is 8.13. The maximum Gasteiger partial charge on any atom is 0.0810 e. The van der Waals surface area contributed by atoms with Gasteiger partial charge in [-0.1, -0.05) is 66.7 Å². The van der Waals surface area contributed by atoms with Gasteiger partial charge in [0.1, 0.15) is 0 Å². The summed E-state index contributed by atoms with van der Waals surface area (Å²) in [4.78, 5) is 10.8. The van der Waals surface area contributed by atoms with Gasteiger partial charge in [0.2, 0.25) is 0 Å². The lowest BCUT2D eigenvalue weighted by Gasteiger charge is -2.21. The van der Waals surface area contributed by atoms with Gasteiger partial charge >= 0.3 is 0 Å². The number of rotatable bonds is 7. The van der Waals surface area contributed by atoms with E-state index >= 15 is 0 Å². The van der Waals surface area contributed by atoms with Gasteiger partial charge in [0.15, 0.2) is 0 Å². The van der Waals surface area contributed by atoms with E-state index in [1.165, 1.54) is 11.1 Å². The summed E-state index contributed by atoms with van der Waals surface area (Å²) < 4.78 is 0. The van der Waals surface area contributed by atoms with Gasteiger partial charge < -0.3 is 0 Å². The summed E-state index contributed by atoms with van der Waals surface area (Å²) in [7, 11) is 0. The molecule has 0 atom stereocenters. The molecular formula is C21H21N3. The largest absolute Gasteiger partial charge is 0.291 e. The van der Waals surface area contributed by atoms with Crippen molar-refractivity contribution in [1.29, 1.82) is 0 Å². The number of benzene rings is 2. The minimum absolute atomic E-state index is 0.861. The fourth-order valence-corrected chi connectivity index (χ4v) is 2.59. The second-order valence-electron chi connectivity index (χ2n) is 5.67. The van der Waals surface area contributed by atoms with Crippen LogP contribution in [0.1, 0.15) is 16.8 Å². The first-order chi connectivity index (χ1) is 11.9. The van der Waals surface area contributed by atoms with Gasteiger partial charge in [-0.15, -0.1) is 0 Å². The van der Waals surface area contributed by atoms with Crippen molar-refractivity contribution in [3.63, 3.8) is 0 Å². The Balaban J connectivity index is 1.68. The molecule has 0 aliphatic rings. The Kier molecular flexibility index (Phi) is 5.87. The lowest BCUT2D eigenvalue weighted by atomic mass is 10.1. The molecule has 0 bridgehead atoms. The van der Waals surface area contributed by atoms with E-state index in [9.17, 15) is 0 Å². The average molecular weight is 315 g/mol. The second kappa shape index (κ2) is 8.75. The predicted octanol–water partition coefficient (Wildman–Crippen LogP) is 4.19. The quantitative estimate of drug-likeness (QED) is 0.654. The summed E-state index contributed by atoms with van der Waals surface area (Å²) in [5.74, 6) is 0. The van der Waals surface area contributed by atoms with Crippen LogP contribution in [0.4, 0.5) is 0 Å². The van der Waals surface area contributed by atoms with E-state index in [0.29, 0.717) is 0 Å². The van der Waals surface area contributed by atoms with Gasteiger partial charge in [-0.2, -0.15) is 0 Å². The molecule has 2 aromatic carbocycles. The summed E-state index contributed by atoms with van der Waals surface area (Å²) >= 11 is 0. The van der Waals surface area contributed by atoms with E-state index in [4.69, 9.17) is 0 Å². The zero-order chi connectivity index (χ0) is 16.5. The van der Waals surface area contributed by atoms with Crippen molar-refractivity contribution in [3.8, 4) is 0 Å². The van der Waals surface area contributed by atoms with Crippen LogP contribution in [0.3, 0.4) is 0 Å². The minimum Gasteiger partial charge on any atom is -0.291 e. The lowest BCUT2D eigenvalue weighted by molar-refractivity contribution is 0.286. The molecule has 24 heavy (non-hydrogen) atoms. The van der Waals surface area contributed by atoms with Crippen LogP contribution < -0.4 is 0 Å². The summed E-state index contributed by atoms with van der Waals surface area (Å²) in [5, 5.41) is 0. The van der Waals surface area contributed by atoms with Crippen LogP contribution in [-0.4, -0.2) is 21.4 Å². The molecule has 0 saturated heterocycles. The first kappa shape index (κ1) is 16.1. The minimum atomic E-state index is 0.861. The van der Waals surface area contributed by atoms with Crippen LogP contribution in [0, 0.1) is 0 Å². The lowest BCUT2D eigenvalue weighted by Crippen LogP contribution is -2.22. The smallest absolute Gasteiger partial charge is 0.0810 e. The van der Waals surface area contributed by atoms with E-state index in [0.717, 1.165) is 25.3 Å².